The summed E-state index contributed by atoms with van der Waals surface area (Å²) in [6.45, 7) is 1.33. The molecule has 1 heterocycles. The maximum absolute atomic E-state index is 12.3. The quantitative estimate of drug-likeness (QED) is 0.853. The molecule has 2 rings (SSSR count). The molecule has 1 aliphatic rings. The van der Waals surface area contributed by atoms with Crippen molar-refractivity contribution in [2.24, 2.45) is 5.92 Å². The fraction of sp³-hybridized carbons (Fsp3) is 0.462. The van der Waals surface area contributed by atoms with E-state index in [1.54, 1.807) is 11.9 Å². The van der Waals surface area contributed by atoms with Crippen LogP contribution in [0.5, 0.6) is 0 Å². The summed E-state index contributed by atoms with van der Waals surface area (Å²) in [5.74, 6) is 0.166. The smallest absolute Gasteiger partial charge is 0.230 e. The molecule has 0 saturated carbocycles. The van der Waals surface area contributed by atoms with Gasteiger partial charge in [0.1, 0.15) is 0 Å². The van der Waals surface area contributed by atoms with E-state index in [1.165, 1.54) is 0 Å². The molecule has 1 aliphatic heterocycles. The molecule has 1 fully saturated rings. The van der Waals surface area contributed by atoms with Crippen LogP contribution in [-0.4, -0.2) is 26.2 Å². The van der Waals surface area contributed by atoms with Crippen LogP contribution in [0.25, 0.3) is 0 Å². The first-order chi connectivity index (χ1) is 8.59. The minimum atomic E-state index is 0.0480. The number of rotatable bonds is 2. The Labute approximate surface area is 115 Å². The molecular weight excluding hydrogens is 296 g/mol. The first-order valence-electron chi connectivity index (χ1n) is 6.00. The SMILES string of the molecule is CN(C(=O)C1CCOCC1)c1ccc(Br)cc1N. The van der Waals surface area contributed by atoms with Crippen LogP contribution in [0.3, 0.4) is 0 Å². The van der Waals surface area contributed by atoms with Gasteiger partial charge in [-0.2, -0.15) is 0 Å². The monoisotopic (exact) mass is 312 g/mol. The lowest BCUT2D eigenvalue weighted by atomic mass is 9.98. The lowest BCUT2D eigenvalue weighted by Crippen LogP contribution is -2.36. The highest BCUT2D eigenvalue weighted by atomic mass is 79.9. The third kappa shape index (κ3) is 2.84. The Kier molecular flexibility index (Phi) is 4.24. The van der Waals surface area contributed by atoms with Gasteiger partial charge in [-0.15, -0.1) is 0 Å². The van der Waals surface area contributed by atoms with E-state index >= 15 is 0 Å². The highest BCUT2D eigenvalue weighted by Crippen LogP contribution is 2.28. The number of ether oxygens (including phenoxy) is 1. The van der Waals surface area contributed by atoms with Gasteiger partial charge in [-0.1, -0.05) is 15.9 Å². The third-order valence-electron chi connectivity index (χ3n) is 3.25. The maximum atomic E-state index is 12.3. The molecule has 0 radical (unpaired) electrons. The van der Waals surface area contributed by atoms with Crippen molar-refractivity contribution in [3.63, 3.8) is 0 Å². The molecule has 1 amide bonds. The van der Waals surface area contributed by atoms with Crippen molar-refractivity contribution in [3.05, 3.63) is 22.7 Å². The number of carbonyl (C=O) groups is 1. The van der Waals surface area contributed by atoms with Crippen molar-refractivity contribution >= 4 is 33.2 Å². The number of hydrogen-bond acceptors (Lipinski definition) is 3. The van der Waals surface area contributed by atoms with Crippen LogP contribution in [0.4, 0.5) is 11.4 Å². The molecule has 98 valence electrons. The number of halogens is 1. The molecule has 2 N–H and O–H groups in total. The van der Waals surface area contributed by atoms with Gasteiger partial charge >= 0.3 is 0 Å². The summed E-state index contributed by atoms with van der Waals surface area (Å²) < 4.78 is 6.19. The second-order valence-electron chi connectivity index (χ2n) is 4.49. The molecule has 1 saturated heterocycles. The molecule has 0 bridgehead atoms. The zero-order valence-corrected chi connectivity index (χ0v) is 11.9. The summed E-state index contributed by atoms with van der Waals surface area (Å²) in [5.41, 5.74) is 7.30. The molecule has 0 unspecified atom stereocenters. The van der Waals surface area contributed by atoms with E-state index < -0.39 is 0 Å². The highest BCUT2D eigenvalue weighted by molar-refractivity contribution is 9.10. The predicted molar refractivity (Wildman–Crippen MR) is 75.5 cm³/mol. The molecule has 1 aromatic carbocycles. The Balaban J connectivity index is 2.14. The minimum Gasteiger partial charge on any atom is -0.397 e. The van der Waals surface area contributed by atoms with Gasteiger partial charge in [-0.05, 0) is 31.0 Å². The van der Waals surface area contributed by atoms with Crippen molar-refractivity contribution in [2.45, 2.75) is 12.8 Å². The number of nitrogens with two attached hydrogens (primary N) is 1. The van der Waals surface area contributed by atoms with Gasteiger partial charge in [0.25, 0.3) is 0 Å². The van der Waals surface area contributed by atoms with Crippen LogP contribution in [0, 0.1) is 5.92 Å². The van der Waals surface area contributed by atoms with E-state index in [0.29, 0.717) is 18.9 Å². The zero-order valence-electron chi connectivity index (χ0n) is 10.4. The topological polar surface area (TPSA) is 55.6 Å². The molecule has 0 atom stereocenters. The van der Waals surface area contributed by atoms with Crippen molar-refractivity contribution < 1.29 is 9.53 Å². The van der Waals surface area contributed by atoms with Gasteiger partial charge < -0.3 is 15.4 Å². The van der Waals surface area contributed by atoms with Gasteiger partial charge in [0.15, 0.2) is 0 Å². The lowest BCUT2D eigenvalue weighted by molar-refractivity contribution is -0.124. The number of benzene rings is 1. The normalized spacial score (nSPS) is 16.6. The summed E-state index contributed by atoms with van der Waals surface area (Å²) in [6, 6.07) is 5.55. The summed E-state index contributed by atoms with van der Waals surface area (Å²) in [6.07, 6.45) is 1.58. The van der Waals surface area contributed by atoms with Crippen molar-refractivity contribution in [2.75, 3.05) is 30.9 Å². The van der Waals surface area contributed by atoms with Crippen LogP contribution < -0.4 is 10.6 Å². The van der Waals surface area contributed by atoms with Crippen LogP contribution >= 0.6 is 15.9 Å². The lowest BCUT2D eigenvalue weighted by Gasteiger charge is -2.27. The largest absolute Gasteiger partial charge is 0.397 e. The second-order valence-corrected chi connectivity index (χ2v) is 5.40. The standard InChI is InChI=1S/C13H17BrN2O2/c1-16(12-3-2-10(14)8-11(12)15)13(17)9-4-6-18-7-5-9/h2-3,8-9H,4-7,15H2,1H3. The highest BCUT2D eigenvalue weighted by Gasteiger charge is 2.25. The Morgan fingerprint density at radius 2 is 2.11 bits per heavy atom. The van der Waals surface area contributed by atoms with Gasteiger partial charge in [0.2, 0.25) is 5.91 Å². The third-order valence-corrected chi connectivity index (χ3v) is 3.75. The minimum absolute atomic E-state index is 0.0480. The van der Waals surface area contributed by atoms with Crippen LogP contribution in [-0.2, 0) is 9.53 Å². The number of amides is 1. The van der Waals surface area contributed by atoms with E-state index in [0.717, 1.165) is 23.0 Å². The van der Waals surface area contributed by atoms with Gasteiger partial charge in [0, 0.05) is 30.7 Å². The fourth-order valence-electron chi connectivity index (χ4n) is 2.17. The van der Waals surface area contributed by atoms with E-state index in [4.69, 9.17) is 10.5 Å². The van der Waals surface area contributed by atoms with E-state index in [2.05, 4.69) is 15.9 Å². The Morgan fingerprint density at radius 1 is 1.44 bits per heavy atom. The van der Waals surface area contributed by atoms with Crippen molar-refractivity contribution in [1.29, 1.82) is 0 Å². The average molecular weight is 313 g/mol. The molecule has 5 heteroatoms. The average Bonchev–Trinajstić information content (AvgIpc) is 2.38. The number of nitrogen functional groups attached to an aromatic ring is 1. The van der Waals surface area contributed by atoms with Crippen LogP contribution in [0.15, 0.2) is 22.7 Å². The summed E-state index contributed by atoms with van der Waals surface area (Å²) in [4.78, 5) is 14.0. The van der Waals surface area contributed by atoms with E-state index in [1.807, 2.05) is 18.2 Å². The molecule has 0 aliphatic carbocycles. The van der Waals surface area contributed by atoms with Gasteiger partial charge in [-0.25, -0.2) is 0 Å². The van der Waals surface area contributed by atoms with Gasteiger partial charge in [-0.3, -0.25) is 4.79 Å². The van der Waals surface area contributed by atoms with Crippen molar-refractivity contribution in [3.8, 4) is 0 Å². The second kappa shape index (κ2) is 5.71. The van der Waals surface area contributed by atoms with Crippen molar-refractivity contribution in [1.82, 2.24) is 0 Å². The number of hydrogen-bond donors (Lipinski definition) is 1. The Bertz CT molecular complexity index is 445. The number of anilines is 2. The van der Waals surface area contributed by atoms with Crippen LogP contribution in [0.2, 0.25) is 0 Å². The number of carbonyl (C=O) groups excluding carboxylic acids is 1. The fourth-order valence-corrected chi connectivity index (χ4v) is 2.55. The molecular formula is C13H17BrN2O2. The number of nitrogens with zero attached hydrogens (tertiary/aromatic N) is 1. The summed E-state index contributed by atoms with van der Waals surface area (Å²) in [7, 11) is 1.78. The first-order valence-corrected chi connectivity index (χ1v) is 6.79. The molecule has 0 aromatic heterocycles. The first kappa shape index (κ1) is 13.4. The van der Waals surface area contributed by atoms with Gasteiger partial charge in [0.05, 0.1) is 11.4 Å². The summed E-state index contributed by atoms with van der Waals surface area (Å²) >= 11 is 3.36. The van der Waals surface area contributed by atoms with E-state index in [9.17, 15) is 4.79 Å². The molecule has 0 spiro atoms. The molecule has 1 aromatic rings. The Morgan fingerprint density at radius 3 is 2.72 bits per heavy atom. The molecule has 4 nitrogen and oxygen atoms in total. The zero-order chi connectivity index (χ0) is 13.1. The predicted octanol–water partition coefficient (Wildman–Crippen LogP) is 2.42. The maximum Gasteiger partial charge on any atom is 0.230 e. The molecule has 18 heavy (non-hydrogen) atoms. The van der Waals surface area contributed by atoms with Crippen LogP contribution in [0.1, 0.15) is 12.8 Å². The summed E-state index contributed by atoms with van der Waals surface area (Å²) in [5, 5.41) is 0. The van der Waals surface area contributed by atoms with E-state index in [-0.39, 0.29) is 11.8 Å². The Hall–Kier alpha value is -1.07.